The zero-order valence-electron chi connectivity index (χ0n) is 19.5. The number of amides is 1. The van der Waals surface area contributed by atoms with E-state index < -0.39 is 34.1 Å². The van der Waals surface area contributed by atoms with Crippen LogP contribution in [0.1, 0.15) is 44.6 Å². The van der Waals surface area contributed by atoms with E-state index in [1.807, 2.05) is 0 Å². The molecule has 0 bridgehead atoms. The summed E-state index contributed by atoms with van der Waals surface area (Å²) < 4.78 is 24.5. The van der Waals surface area contributed by atoms with Crippen molar-refractivity contribution in [3.05, 3.63) is 23.8 Å². The van der Waals surface area contributed by atoms with Crippen LogP contribution in [-0.4, -0.2) is 67.2 Å². The lowest BCUT2D eigenvalue weighted by atomic mass is 9.83. The summed E-state index contributed by atoms with van der Waals surface area (Å²) >= 11 is 0. The third-order valence-corrected chi connectivity index (χ3v) is 8.46. The number of piperidine rings is 1. The van der Waals surface area contributed by atoms with Gasteiger partial charge in [-0.3, -0.25) is 4.79 Å². The van der Waals surface area contributed by atoms with Crippen LogP contribution in [0.3, 0.4) is 0 Å². The number of rotatable bonds is 6. The summed E-state index contributed by atoms with van der Waals surface area (Å²) in [5.74, 6) is -0.597. The van der Waals surface area contributed by atoms with Gasteiger partial charge < -0.3 is 20.8 Å². The maximum absolute atomic E-state index is 12.9. The first-order chi connectivity index (χ1) is 16.1. The van der Waals surface area contributed by atoms with Crippen LogP contribution in [0.4, 0.5) is 5.69 Å². The molecular formula is C23H33N5O5S. The van der Waals surface area contributed by atoms with E-state index >= 15 is 0 Å². The van der Waals surface area contributed by atoms with Gasteiger partial charge in [-0.15, -0.1) is 0 Å². The molecule has 3 aliphatic rings. The summed E-state index contributed by atoms with van der Waals surface area (Å²) in [6.45, 7) is 1.27. The molecule has 186 valence electrons. The number of fused-ring (bicyclic) bond motifs is 1. The number of nitrogens with zero attached hydrogens (tertiary/aromatic N) is 2. The molecule has 5 N–H and O–H groups in total. The molecule has 4 unspecified atom stereocenters. The van der Waals surface area contributed by atoms with Crippen molar-refractivity contribution in [1.82, 2.24) is 15.8 Å². The molecule has 3 fully saturated rings. The fourth-order valence-electron chi connectivity index (χ4n) is 5.52. The lowest BCUT2D eigenvalue weighted by Gasteiger charge is -2.39. The molecule has 1 aliphatic carbocycles. The molecule has 6 atom stereocenters. The number of nitrogens with one attached hydrogen (secondary N) is 3. The van der Waals surface area contributed by atoms with E-state index in [4.69, 9.17) is 0 Å². The average molecular weight is 492 g/mol. The van der Waals surface area contributed by atoms with Crippen LogP contribution in [0.25, 0.3) is 0 Å². The van der Waals surface area contributed by atoms with E-state index in [9.17, 15) is 28.7 Å². The Hall–Kier alpha value is -2.23. The fourth-order valence-corrected chi connectivity index (χ4v) is 6.52. The quantitative estimate of drug-likeness (QED) is 0.381. The average Bonchev–Trinajstić information content (AvgIpc) is 3.17. The zero-order chi connectivity index (χ0) is 24.7. The standard InChI is InChI=1S/C23H33N5O5S/c1-23(31,13-29)16-11-15(7-8-19(16)34(2,32)33)26-21-20-18(9-10-25-22(20)30)28(27-21)17-6-4-3-5-14(17)12-24/h7-8,11,14,17-18,20-21,26-27,29,31H,3-6,9-10,13H2,1-2H3,(H,25,30)/t14-,17+,18?,20?,21?,23?/m1/s1. The predicted molar refractivity (Wildman–Crippen MR) is 125 cm³/mol. The van der Waals surface area contributed by atoms with Gasteiger partial charge in [-0.2, -0.15) is 5.26 Å². The van der Waals surface area contributed by atoms with E-state index in [2.05, 4.69) is 27.1 Å². The van der Waals surface area contributed by atoms with Crippen molar-refractivity contribution < 1.29 is 23.4 Å². The van der Waals surface area contributed by atoms with Crippen molar-refractivity contribution >= 4 is 21.4 Å². The summed E-state index contributed by atoms with van der Waals surface area (Å²) in [4.78, 5) is 12.8. The third kappa shape index (κ3) is 4.65. The second-order valence-corrected chi connectivity index (χ2v) is 11.8. The van der Waals surface area contributed by atoms with Gasteiger partial charge in [-0.25, -0.2) is 18.9 Å². The van der Waals surface area contributed by atoms with Crippen LogP contribution < -0.4 is 16.1 Å². The Morgan fingerprint density at radius 3 is 2.68 bits per heavy atom. The number of carbonyl (C=O) groups excluding carboxylic acids is 1. The summed E-state index contributed by atoms with van der Waals surface area (Å²) in [6, 6.07) is 6.88. The number of hydrogen-bond donors (Lipinski definition) is 5. The van der Waals surface area contributed by atoms with Crippen LogP contribution >= 0.6 is 0 Å². The Morgan fingerprint density at radius 1 is 1.26 bits per heavy atom. The first kappa shape index (κ1) is 24.9. The monoisotopic (exact) mass is 491 g/mol. The number of carbonyl (C=O) groups is 1. The minimum Gasteiger partial charge on any atom is -0.393 e. The second kappa shape index (κ2) is 9.43. The van der Waals surface area contributed by atoms with Gasteiger partial charge in [0.05, 0.1) is 29.4 Å². The Kier molecular flexibility index (Phi) is 6.90. The van der Waals surface area contributed by atoms with E-state index in [0.29, 0.717) is 12.2 Å². The second-order valence-electron chi connectivity index (χ2n) is 9.83. The topological polar surface area (TPSA) is 155 Å². The molecule has 1 saturated carbocycles. The van der Waals surface area contributed by atoms with Crippen LogP contribution in [0, 0.1) is 23.2 Å². The molecule has 2 heterocycles. The van der Waals surface area contributed by atoms with Gasteiger partial charge in [0.15, 0.2) is 9.84 Å². The van der Waals surface area contributed by atoms with Crippen LogP contribution in [0.15, 0.2) is 23.1 Å². The first-order valence-corrected chi connectivity index (χ1v) is 13.6. The molecule has 0 aromatic heterocycles. The number of benzene rings is 1. The van der Waals surface area contributed by atoms with Crippen LogP contribution in [0.2, 0.25) is 0 Å². The molecule has 4 rings (SSSR count). The van der Waals surface area contributed by atoms with Crippen molar-refractivity contribution in [2.24, 2.45) is 11.8 Å². The molecule has 0 spiro atoms. The van der Waals surface area contributed by atoms with Crippen molar-refractivity contribution in [2.45, 2.75) is 67.8 Å². The molecule has 34 heavy (non-hydrogen) atoms. The van der Waals surface area contributed by atoms with Crippen molar-refractivity contribution in [1.29, 1.82) is 5.26 Å². The van der Waals surface area contributed by atoms with Crippen LogP contribution in [-0.2, 0) is 20.2 Å². The SMILES string of the molecule is CC(O)(CO)c1cc(NC2NN([C@H]3CCCC[C@@H]3C#N)C3CCNC(=O)C23)ccc1S(C)(=O)=O. The van der Waals surface area contributed by atoms with E-state index in [-0.39, 0.29) is 34.4 Å². The largest absolute Gasteiger partial charge is 0.393 e. The number of sulfone groups is 1. The van der Waals surface area contributed by atoms with E-state index in [0.717, 1.165) is 38.4 Å². The molecule has 1 amide bonds. The minimum absolute atomic E-state index is 0.0160. The molecule has 1 aromatic carbocycles. The summed E-state index contributed by atoms with van der Waals surface area (Å²) in [5, 5.41) is 38.4. The summed E-state index contributed by atoms with van der Waals surface area (Å²) in [5.41, 5.74) is 2.27. The number of hydrazine groups is 1. The Morgan fingerprint density at radius 2 is 2.00 bits per heavy atom. The van der Waals surface area contributed by atoms with E-state index in [1.165, 1.54) is 19.1 Å². The van der Waals surface area contributed by atoms with E-state index in [1.54, 1.807) is 6.07 Å². The maximum Gasteiger partial charge on any atom is 0.228 e. The molecule has 10 nitrogen and oxygen atoms in total. The van der Waals surface area contributed by atoms with Crippen LogP contribution in [0.5, 0.6) is 0 Å². The molecule has 0 radical (unpaired) electrons. The van der Waals surface area contributed by atoms with Crippen molar-refractivity contribution in [3.63, 3.8) is 0 Å². The highest BCUT2D eigenvalue weighted by molar-refractivity contribution is 7.90. The summed E-state index contributed by atoms with van der Waals surface area (Å²) in [7, 11) is -3.65. The Bertz CT molecular complexity index is 1090. The van der Waals surface area contributed by atoms with Gasteiger partial charge in [0.1, 0.15) is 11.8 Å². The first-order valence-electron chi connectivity index (χ1n) is 11.7. The molecule has 1 aromatic rings. The minimum atomic E-state index is -3.65. The van der Waals surface area contributed by atoms with Gasteiger partial charge in [-0.05, 0) is 44.4 Å². The summed E-state index contributed by atoms with van der Waals surface area (Å²) in [6.07, 6.45) is 5.11. The highest BCUT2D eigenvalue weighted by Gasteiger charge is 2.51. The van der Waals surface area contributed by atoms with Gasteiger partial charge in [0.25, 0.3) is 0 Å². The predicted octanol–water partition coefficient (Wildman–Crippen LogP) is 0.435. The lowest BCUT2D eigenvalue weighted by molar-refractivity contribution is -0.128. The van der Waals surface area contributed by atoms with Crippen molar-refractivity contribution in [2.75, 3.05) is 24.7 Å². The van der Waals surface area contributed by atoms with Crippen molar-refractivity contribution in [3.8, 4) is 6.07 Å². The smallest absolute Gasteiger partial charge is 0.228 e. The molecular weight excluding hydrogens is 458 g/mol. The lowest BCUT2D eigenvalue weighted by Crippen LogP contribution is -2.54. The number of nitriles is 1. The van der Waals surface area contributed by atoms with Gasteiger partial charge in [-0.1, -0.05) is 12.8 Å². The highest BCUT2D eigenvalue weighted by atomic mass is 32.2. The number of aliphatic hydroxyl groups is 2. The van der Waals surface area contributed by atoms with Gasteiger partial charge >= 0.3 is 0 Å². The van der Waals surface area contributed by atoms with Gasteiger partial charge in [0.2, 0.25) is 5.91 Å². The third-order valence-electron chi connectivity index (χ3n) is 7.30. The zero-order valence-corrected chi connectivity index (χ0v) is 20.3. The molecule has 2 saturated heterocycles. The van der Waals surface area contributed by atoms with Gasteiger partial charge in [0, 0.05) is 36.1 Å². The normalized spacial score (nSPS) is 31.7. The highest BCUT2D eigenvalue weighted by Crippen LogP contribution is 2.37. The molecule has 11 heteroatoms. The number of aliphatic hydroxyl groups excluding tert-OH is 1. The Balaban J connectivity index is 1.66. The number of hydrogen-bond acceptors (Lipinski definition) is 9. The maximum atomic E-state index is 12.9. The molecule has 2 aliphatic heterocycles. The Labute approximate surface area is 200 Å². The number of anilines is 1. The fraction of sp³-hybridized carbons (Fsp3) is 0.652.